The van der Waals surface area contributed by atoms with E-state index in [-0.39, 0.29) is 0 Å². The Labute approximate surface area is 130 Å². The Kier molecular flexibility index (Phi) is 4.12. The van der Waals surface area contributed by atoms with Crippen LogP contribution in [0.2, 0.25) is 0 Å². The van der Waals surface area contributed by atoms with Gasteiger partial charge < -0.3 is 10.1 Å². The highest BCUT2D eigenvalue weighted by molar-refractivity contribution is 9.10. The third-order valence-corrected chi connectivity index (χ3v) is 3.50. The fourth-order valence-corrected chi connectivity index (χ4v) is 2.35. The summed E-state index contributed by atoms with van der Waals surface area (Å²) in [5, 5.41) is 8.59. The lowest BCUT2D eigenvalue weighted by atomic mass is 10.2. The third-order valence-electron chi connectivity index (χ3n) is 3.01. The number of ether oxygens (including phenoxy) is 1. The Hall–Kier alpha value is -1.99. The molecule has 0 amide bonds. The van der Waals surface area contributed by atoms with Crippen LogP contribution < -0.4 is 5.32 Å². The van der Waals surface area contributed by atoms with Crippen molar-refractivity contribution >= 4 is 38.5 Å². The number of nitrogens with one attached hydrogen (secondary N) is 1. The van der Waals surface area contributed by atoms with E-state index in [2.05, 4.69) is 36.3 Å². The number of halogens is 1. The van der Waals surface area contributed by atoms with E-state index in [1.165, 1.54) is 0 Å². The zero-order valence-electron chi connectivity index (χ0n) is 11.5. The molecule has 0 aliphatic carbocycles. The van der Waals surface area contributed by atoms with Gasteiger partial charge in [0, 0.05) is 29.2 Å². The number of hydrogen-bond donors (Lipinski definition) is 1. The molecule has 0 spiro atoms. The molecule has 0 aliphatic rings. The lowest BCUT2D eigenvalue weighted by Crippen LogP contribution is -2.05. The summed E-state index contributed by atoms with van der Waals surface area (Å²) in [5.41, 5.74) is 0.884. The number of anilines is 2. The van der Waals surface area contributed by atoms with Crippen molar-refractivity contribution in [2.45, 2.75) is 6.54 Å². The number of aromatic nitrogens is 4. The van der Waals surface area contributed by atoms with Crippen LogP contribution in [0, 0.1) is 0 Å². The predicted molar refractivity (Wildman–Crippen MR) is 84.6 cm³/mol. The van der Waals surface area contributed by atoms with Gasteiger partial charge in [-0.05, 0) is 18.2 Å². The van der Waals surface area contributed by atoms with Crippen LogP contribution in [0.25, 0.3) is 10.9 Å². The molecule has 0 saturated carbocycles. The normalized spacial score (nSPS) is 11.0. The number of benzene rings is 1. The van der Waals surface area contributed by atoms with Gasteiger partial charge in [-0.2, -0.15) is 5.10 Å². The molecule has 0 fully saturated rings. The summed E-state index contributed by atoms with van der Waals surface area (Å²) in [5.74, 6) is 1.48. The van der Waals surface area contributed by atoms with Gasteiger partial charge in [0.15, 0.2) is 5.82 Å². The molecule has 0 unspecified atom stereocenters. The number of fused-ring (bicyclic) bond motifs is 1. The second kappa shape index (κ2) is 6.19. The zero-order valence-corrected chi connectivity index (χ0v) is 13.0. The molecule has 1 N–H and O–H groups in total. The van der Waals surface area contributed by atoms with E-state index in [0.29, 0.717) is 13.2 Å². The summed E-state index contributed by atoms with van der Waals surface area (Å²) in [6, 6.07) is 7.79. The van der Waals surface area contributed by atoms with Crippen LogP contribution in [-0.4, -0.2) is 33.5 Å². The lowest BCUT2D eigenvalue weighted by molar-refractivity contribution is 0.183. The maximum Gasteiger partial charge on any atom is 0.153 e. The van der Waals surface area contributed by atoms with Gasteiger partial charge in [-0.3, -0.25) is 4.68 Å². The Balaban J connectivity index is 1.87. The van der Waals surface area contributed by atoms with Crippen LogP contribution in [0.5, 0.6) is 0 Å². The first kappa shape index (κ1) is 14.0. The van der Waals surface area contributed by atoms with E-state index < -0.39 is 0 Å². The highest BCUT2D eigenvalue weighted by Crippen LogP contribution is 2.25. The molecule has 0 aliphatic heterocycles. The van der Waals surface area contributed by atoms with Gasteiger partial charge in [0.05, 0.1) is 18.7 Å². The van der Waals surface area contributed by atoms with E-state index in [9.17, 15) is 0 Å². The maximum atomic E-state index is 5.04. The Bertz CT molecular complexity index is 758. The minimum absolute atomic E-state index is 0.629. The number of hydrogen-bond acceptors (Lipinski definition) is 5. The molecule has 21 heavy (non-hydrogen) atoms. The zero-order chi connectivity index (χ0) is 14.7. The molecule has 0 bridgehead atoms. The van der Waals surface area contributed by atoms with Crippen molar-refractivity contribution in [3.05, 3.63) is 41.3 Å². The molecule has 3 aromatic rings. The maximum absolute atomic E-state index is 5.04. The predicted octanol–water partition coefficient (Wildman–Crippen LogP) is 2.98. The highest BCUT2D eigenvalue weighted by atomic mass is 79.9. The van der Waals surface area contributed by atoms with Crippen LogP contribution in [0.3, 0.4) is 0 Å². The number of rotatable bonds is 5. The van der Waals surface area contributed by atoms with E-state index in [4.69, 9.17) is 4.74 Å². The van der Waals surface area contributed by atoms with Crippen molar-refractivity contribution in [2.75, 3.05) is 19.0 Å². The van der Waals surface area contributed by atoms with E-state index in [1.54, 1.807) is 13.4 Å². The third kappa shape index (κ3) is 3.20. The monoisotopic (exact) mass is 347 g/mol. The first-order valence-electron chi connectivity index (χ1n) is 6.46. The van der Waals surface area contributed by atoms with Crippen LogP contribution >= 0.6 is 15.9 Å². The van der Waals surface area contributed by atoms with Gasteiger partial charge in [0.2, 0.25) is 0 Å². The van der Waals surface area contributed by atoms with Crippen molar-refractivity contribution in [3.8, 4) is 0 Å². The standard InChI is InChI=1S/C14H14BrN5O/c1-21-7-6-20-5-4-13(19-20)18-14-11-8-10(15)2-3-12(11)16-9-17-14/h2-5,8-9H,6-7H2,1H3,(H,16,17,18,19). The van der Waals surface area contributed by atoms with E-state index in [0.717, 1.165) is 27.0 Å². The number of methoxy groups -OCH3 is 1. The summed E-state index contributed by atoms with van der Waals surface area (Å²) in [7, 11) is 1.67. The molecule has 2 aromatic heterocycles. The summed E-state index contributed by atoms with van der Waals surface area (Å²) in [4.78, 5) is 8.55. The fraction of sp³-hybridized carbons (Fsp3) is 0.214. The summed E-state index contributed by atoms with van der Waals surface area (Å²) >= 11 is 3.47. The average molecular weight is 348 g/mol. The van der Waals surface area contributed by atoms with Crippen LogP contribution in [0.15, 0.2) is 41.3 Å². The van der Waals surface area contributed by atoms with E-state index >= 15 is 0 Å². The topological polar surface area (TPSA) is 64.9 Å². The summed E-state index contributed by atoms with van der Waals surface area (Å²) in [6.07, 6.45) is 3.45. The Morgan fingerprint density at radius 3 is 3.05 bits per heavy atom. The molecule has 1 aromatic carbocycles. The van der Waals surface area contributed by atoms with E-state index in [1.807, 2.05) is 35.1 Å². The fourth-order valence-electron chi connectivity index (χ4n) is 1.99. The van der Waals surface area contributed by atoms with Crippen molar-refractivity contribution in [3.63, 3.8) is 0 Å². The van der Waals surface area contributed by atoms with Crippen LogP contribution in [0.1, 0.15) is 0 Å². The number of nitrogens with zero attached hydrogens (tertiary/aromatic N) is 4. The van der Waals surface area contributed by atoms with Crippen molar-refractivity contribution in [1.29, 1.82) is 0 Å². The van der Waals surface area contributed by atoms with Gasteiger partial charge in [-0.1, -0.05) is 15.9 Å². The van der Waals surface area contributed by atoms with Crippen molar-refractivity contribution in [1.82, 2.24) is 19.7 Å². The Morgan fingerprint density at radius 1 is 1.29 bits per heavy atom. The lowest BCUT2D eigenvalue weighted by Gasteiger charge is -2.06. The molecule has 108 valence electrons. The molecule has 0 radical (unpaired) electrons. The molecule has 3 rings (SSSR count). The first-order chi connectivity index (χ1) is 10.3. The molecular formula is C14H14BrN5O. The molecular weight excluding hydrogens is 334 g/mol. The summed E-state index contributed by atoms with van der Waals surface area (Å²) in [6.45, 7) is 1.35. The van der Waals surface area contributed by atoms with Crippen LogP contribution in [0.4, 0.5) is 11.6 Å². The largest absolute Gasteiger partial charge is 0.383 e. The second-order valence-corrected chi connectivity index (χ2v) is 5.38. The van der Waals surface area contributed by atoms with Crippen LogP contribution in [-0.2, 0) is 11.3 Å². The molecule has 6 nitrogen and oxygen atoms in total. The van der Waals surface area contributed by atoms with Gasteiger partial charge in [-0.15, -0.1) is 0 Å². The summed E-state index contributed by atoms with van der Waals surface area (Å²) < 4.78 is 7.85. The van der Waals surface area contributed by atoms with Gasteiger partial charge in [0.25, 0.3) is 0 Å². The Morgan fingerprint density at radius 2 is 2.19 bits per heavy atom. The quantitative estimate of drug-likeness (QED) is 0.768. The van der Waals surface area contributed by atoms with Gasteiger partial charge in [-0.25, -0.2) is 9.97 Å². The SMILES string of the molecule is COCCn1ccc(Nc2ncnc3ccc(Br)cc23)n1. The minimum Gasteiger partial charge on any atom is -0.383 e. The second-order valence-electron chi connectivity index (χ2n) is 4.47. The van der Waals surface area contributed by atoms with Gasteiger partial charge in [0.1, 0.15) is 12.1 Å². The smallest absolute Gasteiger partial charge is 0.153 e. The molecule has 0 saturated heterocycles. The molecule has 2 heterocycles. The van der Waals surface area contributed by atoms with Gasteiger partial charge >= 0.3 is 0 Å². The highest BCUT2D eigenvalue weighted by Gasteiger charge is 2.06. The van der Waals surface area contributed by atoms with Crippen molar-refractivity contribution < 1.29 is 4.74 Å². The first-order valence-corrected chi connectivity index (χ1v) is 7.25. The minimum atomic E-state index is 0.629. The molecule has 0 atom stereocenters. The molecule has 7 heteroatoms. The van der Waals surface area contributed by atoms with Crippen molar-refractivity contribution in [2.24, 2.45) is 0 Å². The average Bonchev–Trinajstić information content (AvgIpc) is 2.93.